The number of benzene rings is 1. The Bertz CT molecular complexity index is 324. The molecule has 0 fully saturated rings. The Balaban J connectivity index is 3.39. The quantitative estimate of drug-likeness (QED) is 0.658. The molecule has 1 heteroatoms. The summed E-state index contributed by atoms with van der Waals surface area (Å²) in [5.41, 5.74) is 1.52. The third-order valence-electron chi connectivity index (χ3n) is 3.36. The summed E-state index contributed by atoms with van der Waals surface area (Å²) in [7, 11) is 0. The fraction of sp³-hybridized carbons (Fsp3) is 0.600. The molecule has 0 N–H and O–H groups in total. The molecule has 0 heterocycles. The second-order valence-corrected chi connectivity index (χ2v) is 7.25. The van der Waals surface area contributed by atoms with Gasteiger partial charge in [-0.3, -0.25) is 0 Å². The van der Waals surface area contributed by atoms with Gasteiger partial charge in [-0.05, 0) is 16.4 Å². The third kappa shape index (κ3) is 2.15. The van der Waals surface area contributed by atoms with Gasteiger partial charge in [0.25, 0.3) is 0 Å². The van der Waals surface area contributed by atoms with Crippen LogP contribution in [-0.4, -0.2) is 0 Å². The monoisotopic (exact) mass is 236 g/mol. The van der Waals surface area contributed by atoms with E-state index in [4.69, 9.17) is 12.6 Å². The fourth-order valence-corrected chi connectivity index (χ4v) is 2.82. The summed E-state index contributed by atoms with van der Waals surface area (Å²) in [4.78, 5) is 0. The van der Waals surface area contributed by atoms with Crippen molar-refractivity contribution in [3.05, 3.63) is 35.9 Å². The van der Waals surface area contributed by atoms with Gasteiger partial charge in [-0.15, -0.1) is 0 Å². The van der Waals surface area contributed by atoms with E-state index in [0.717, 1.165) is 0 Å². The van der Waals surface area contributed by atoms with Crippen LogP contribution in [0.15, 0.2) is 30.3 Å². The summed E-state index contributed by atoms with van der Waals surface area (Å²) in [5, 5.41) is 0. The highest BCUT2D eigenvalue weighted by Gasteiger charge is 2.48. The lowest BCUT2D eigenvalue weighted by atomic mass is 9.62. The number of hydrogen-bond donors (Lipinski definition) is 1. The molecule has 0 nitrogen and oxygen atoms in total. The van der Waals surface area contributed by atoms with Gasteiger partial charge in [0.05, 0.1) is 0 Å². The molecule has 0 unspecified atom stereocenters. The molecule has 0 aliphatic heterocycles. The summed E-state index contributed by atoms with van der Waals surface area (Å²) in [6.07, 6.45) is 0. The van der Waals surface area contributed by atoms with Crippen LogP contribution in [0.3, 0.4) is 0 Å². The van der Waals surface area contributed by atoms with Crippen molar-refractivity contribution in [1.82, 2.24) is 0 Å². The van der Waals surface area contributed by atoms with Crippen molar-refractivity contribution in [3.63, 3.8) is 0 Å². The molecule has 0 bridgehead atoms. The highest BCUT2D eigenvalue weighted by atomic mass is 32.1. The normalized spacial score (nSPS) is 13.9. The van der Waals surface area contributed by atoms with Gasteiger partial charge >= 0.3 is 0 Å². The molecular weight excluding hydrogens is 212 g/mol. The van der Waals surface area contributed by atoms with Gasteiger partial charge in [0.15, 0.2) is 0 Å². The first kappa shape index (κ1) is 13.6. The molecule has 0 spiro atoms. The van der Waals surface area contributed by atoms with Crippen LogP contribution >= 0.6 is 12.6 Å². The van der Waals surface area contributed by atoms with Crippen molar-refractivity contribution in [2.75, 3.05) is 0 Å². The van der Waals surface area contributed by atoms with E-state index < -0.39 is 0 Å². The molecule has 0 radical (unpaired) electrons. The second kappa shape index (κ2) is 4.10. The van der Waals surface area contributed by atoms with Crippen LogP contribution < -0.4 is 0 Å². The predicted octanol–water partition coefficient (Wildman–Crippen LogP) is 4.90. The summed E-state index contributed by atoms with van der Waals surface area (Å²) < 4.78 is -0.138. The summed E-state index contributed by atoms with van der Waals surface area (Å²) in [6, 6.07) is 10.6. The largest absolute Gasteiger partial charge is 0.167 e. The molecule has 0 aromatic heterocycles. The second-order valence-electron chi connectivity index (χ2n) is 6.58. The molecule has 0 aliphatic rings. The maximum atomic E-state index is 5.07. The molecule has 0 aliphatic carbocycles. The van der Waals surface area contributed by atoms with Gasteiger partial charge in [0.1, 0.15) is 0 Å². The van der Waals surface area contributed by atoms with Crippen molar-refractivity contribution in [2.45, 2.75) is 46.3 Å². The Morgan fingerprint density at radius 3 is 1.44 bits per heavy atom. The lowest BCUT2D eigenvalue weighted by molar-refractivity contribution is 0.143. The van der Waals surface area contributed by atoms with Crippen LogP contribution in [0.1, 0.15) is 47.1 Å². The van der Waals surface area contributed by atoms with Crippen LogP contribution in [0.4, 0.5) is 0 Å². The average Bonchev–Trinajstić information content (AvgIpc) is 2.14. The number of hydrogen-bond acceptors (Lipinski definition) is 1. The van der Waals surface area contributed by atoms with E-state index in [2.05, 4.69) is 71.9 Å². The standard InChI is InChI=1S/C15H24S/c1-13(2,3)15(16,14(4,5)6)12-10-8-7-9-11-12/h7-11,16H,1-6H3. The molecule has 0 saturated carbocycles. The van der Waals surface area contributed by atoms with Crippen molar-refractivity contribution in [2.24, 2.45) is 10.8 Å². The molecule has 1 aromatic rings. The lowest BCUT2D eigenvalue weighted by Crippen LogP contribution is -2.45. The number of rotatable bonds is 1. The highest BCUT2D eigenvalue weighted by Crippen LogP contribution is 2.55. The van der Waals surface area contributed by atoms with E-state index in [9.17, 15) is 0 Å². The zero-order valence-corrected chi connectivity index (χ0v) is 12.2. The van der Waals surface area contributed by atoms with E-state index in [-0.39, 0.29) is 15.6 Å². The van der Waals surface area contributed by atoms with E-state index in [1.54, 1.807) is 0 Å². The van der Waals surface area contributed by atoms with Crippen LogP contribution in [0.2, 0.25) is 0 Å². The molecule has 0 saturated heterocycles. The SMILES string of the molecule is CC(C)(C)C(S)(c1ccccc1)C(C)(C)C. The Labute approximate surface area is 106 Å². The predicted molar refractivity (Wildman–Crippen MR) is 76.0 cm³/mol. The Morgan fingerprint density at radius 2 is 1.12 bits per heavy atom. The van der Waals surface area contributed by atoms with E-state index in [1.165, 1.54) is 5.56 Å². The first-order valence-corrected chi connectivity index (χ1v) is 6.33. The van der Waals surface area contributed by atoms with Crippen molar-refractivity contribution in [3.8, 4) is 0 Å². The number of thiol groups is 1. The fourth-order valence-electron chi connectivity index (χ4n) is 2.67. The Kier molecular flexibility index (Phi) is 3.50. The van der Waals surface area contributed by atoms with Gasteiger partial charge in [0, 0.05) is 4.75 Å². The summed E-state index contributed by atoms with van der Waals surface area (Å²) in [5.74, 6) is 0. The molecule has 0 atom stereocenters. The first-order valence-electron chi connectivity index (χ1n) is 5.88. The van der Waals surface area contributed by atoms with Gasteiger partial charge in [-0.25, -0.2) is 0 Å². The molecule has 1 aromatic carbocycles. The topological polar surface area (TPSA) is 0 Å². The lowest BCUT2D eigenvalue weighted by Gasteiger charge is -2.51. The van der Waals surface area contributed by atoms with Crippen molar-refractivity contribution >= 4 is 12.6 Å². The average molecular weight is 236 g/mol. The maximum Gasteiger partial charge on any atom is 0.0474 e. The van der Waals surface area contributed by atoms with Crippen LogP contribution in [0.25, 0.3) is 0 Å². The van der Waals surface area contributed by atoms with E-state index in [1.807, 2.05) is 0 Å². The van der Waals surface area contributed by atoms with Crippen LogP contribution in [0.5, 0.6) is 0 Å². The molecule has 1 rings (SSSR count). The van der Waals surface area contributed by atoms with Crippen LogP contribution in [0, 0.1) is 10.8 Å². The minimum atomic E-state index is -0.138. The third-order valence-corrected chi connectivity index (χ3v) is 4.96. The minimum absolute atomic E-state index is 0.107. The zero-order chi connectivity index (χ0) is 12.6. The van der Waals surface area contributed by atoms with Gasteiger partial charge in [-0.2, -0.15) is 12.6 Å². The van der Waals surface area contributed by atoms with Gasteiger partial charge in [0.2, 0.25) is 0 Å². The summed E-state index contributed by atoms with van der Waals surface area (Å²) >= 11 is 5.07. The summed E-state index contributed by atoms with van der Waals surface area (Å²) in [6.45, 7) is 13.6. The first-order chi connectivity index (χ1) is 7.11. The molecule has 90 valence electrons. The van der Waals surface area contributed by atoms with E-state index in [0.29, 0.717) is 0 Å². The molecule has 0 amide bonds. The highest BCUT2D eigenvalue weighted by molar-refractivity contribution is 7.81. The Hall–Kier alpha value is -0.430. The molecule has 16 heavy (non-hydrogen) atoms. The Morgan fingerprint density at radius 1 is 0.750 bits per heavy atom. The van der Waals surface area contributed by atoms with Gasteiger partial charge in [-0.1, -0.05) is 71.9 Å². The zero-order valence-electron chi connectivity index (χ0n) is 11.3. The van der Waals surface area contributed by atoms with Crippen molar-refractivity contribution in [1.29, 1.82) is 0 Å². The van der Waals surface area contributed by atoms with Crippen LogP contribution in [-0.2, 0) is 4.75 Å². The van der Waals surface area contributed by atoms with Gasteiger partial charge < -0.3 is 0 Å². The van der Waals surface area contributed by atoms with Crippen molar-refractivity contribution < 1.29 is 0 Å². The maximum absolute atomic E-state index is 5.07. The smallest absolute Gasteiger partial charge is 0.0474 e. The van der Waals surface area contributed by atoms with E-state index >= 15 is 0 Å². The minimum Gasteiger partial charge on any atom is -0.167 e. The molecular formula is C15H24S.